The van der Waals surface area contributed by atoms with Crippen molar-refractivity contribution in [3.05, 3.63) is 205 Å². The minimum Gasteiger partial charge on any atom is -0.454 e. The van der Waals surface area contributed by atoms with Gasteiger partial charge in [0.15, 0.2) is 5.58 Å². The van der Waals surface area contributed by atoms with Crippen LogP contribution in [0.5, 0.6) is 0 Å². The number of furan rings is 1. The summed E-state index contributed by atoms with van der Waals surface area (Å²) < 4.78 is 6.63. The Balaban J connectivity index is 1.05. The molecule has 0 radical (unpaired) electrons. The van der Waals surface area contributed by atoms with Crippen LogP contribution in [-0.4, -0.2) is 0 Å². The average Bonchev–Trinajstić information content (AvgIpc) is 3.97. The minimum atomic E-state index is -0.0370. The molecule has 1 fully saturated rings. The van der Waals surface area contributed by atoms with Gasteiger partial charge in [0.2, 0.25) is 0 Å². The summed E-state index contributed by atoms with van der Waals surface area (Å²) in [5.74, 6) is 0. The highest BCUT2D eigenvalue weighted by Crippen LogP contribution is 2.63. The number of hydrogen-bond donors (Lipinski definition) is 0. The van der Waals surface area contributed by atoms with E-state index in [0.29, 0.717) is 0 Å². The molecule has 12 rings (SSSR count). The fourth-order valence-electron chi connectivity index (χ4n) is 9.55. The smallest absolute Gasteiger partial charge is 0.159 e. The molecule has 1 spiro atoms. The fourth-order valence-corrected chi connectivity index (χ4v) is 9.55. The van der Waals surface area contributed by atoms with Crippen LogP contribution in [0.2, 0.25) is 0 Å². The summed E-state index contributed by atoms with van der Waals surface area (Å²) in [6.45, 7) is 0. The molecule has 1 heterocycles. The summed E-state index contributed by atoms with van der Waals surface area (Å²) in [5, 5.41) is 7.39. The van der Waals surface area contributed by atoms with Crippen LogP contribution in [0.1, 0.15) is 24.0 Å². The lowest BCUT2D eigenvalue weighted by Gasteiger charge is -2.34. The first-order chi connectivity index (χ1) is 27.7. The van der Waals surface area contributed by atoms with E-state index in [4.69, 9.17) is 4.42 Å². The van der Waals surface area contributed by atoms with Crippen LogP contribution < -0.4 is 9.80 Å². The Hall–Kier alpha value is -7.10. The van der Waals surface area contributed by atoms with Crippen LogP contribution in [-0.2, 0) is 5.41 Å². The van der Waals surface area contributed by atoms with E-state index in [9.17, 15) is 0 Å². The Morgan fingerprint density at radius 2 is 1.02 bits per heavy atom. The third-order valence-corrected chi connectivity index (χ3v) is 12.2. The van der Waals surface area contributed by atoms with Gasteiger partial charge in [0.1, 0.15) is 5.58 Å². The monoisotopic (exact) mass is 716 g/mol. The number of fused-ring (bicyclic) bond motifs is 8. The molecular weight excluding hydrogens is 681 g/mol. The molecule has 264 valence electrons. The van der Waals surface area contributed by atoms with Crippen molar-refractivity contribution in [2.45, 2.75) is 18.3 Å². The largest absolute Gasteiger partial charge is 0.454 e. The molecule has 2 aliphatic carbocycles. The van der Waals surface area contributed by atoms with Gasteiger partial charge in [-0.1, -0.05) is 127 Å². The molecule has 0 bridgehead atoms. The van der Waals surface area contributed by atoms with Crippen molar-refractivity contribution in [2.24, 2.45) is 0 Å². The number of anilines is 6. The van der Waals surface area contributed by atoms with Gasteiger partial charge in [0.25, 0.3) is 0 Å². The maximum absolute atomic E-state index is 6.63. The van der Waals surface area contributed by atoms with Crippen LogP contribution in [0.25, 0.3) is 54.6 Å². The highest BCUT2D eigenvalue weighted by Gasteiger charge is 2.50. The van der Waals surface area contributed by atoms with E-state index in [1.54, 1.807) is 0 Å². The van der Waals surface area contributed by atoms with E-state index in [-0.39, 0.29) is 5.41 Å². The molecule has 0 atom stereocenters. The summed E-state index contributed by atoms with van der Waals surface area (Å²) in [6, 6.07) is 70.7. The van der Waals surface area contributed by atoms with Crippen LogP contribution in [0, 0.1) is 0 Å². The Morgan fingerprint density at radius 3 is 1.82 bits per heavy atom. The quantitative estimate of drug-likeness (QED) is 0.171. The molecule has 2 aliphatic rings. The van der Waals surface area contributed by atoms with Gasteiger partial charge >= 0.3 is 0 Å². The number of benzene rings is 9. The Labute approximate surface area is 325 Å². The van der Waals surface area contributed by atoms with Crippen LogP contribution in [0.4, 0.5) is 34.1 Å². The van der Waals surface area contributed by atoms with Crippen molar-refractivity contribution >= 4 is 77.6 Å². The summed E-state index contributed by atoms with van der Waals surface area (Å²) in [7, 11) is 0. The zero-order chi connectivity index (χ0) is 36.8. The van der Waals surface area contributed by atoms with E-state index in [0.717, 1.165) is 63.2 Å². The van der Waals surface area contributed by atoms with Crippen LogP contribution in [0.15, 0.2) is 199 Å². The predicted octanol–water partition coefficient (Wildman–Crippen LogP) is 14.9. The average molecular weight is 717 g/mol. The van der Waals surface area contributed by atoms with E-state index < -0.39 is 0 Å². The first-order valence-electron chi connectivity index (χ1n) is 19.6. The SMILES string of the molecule is c1ccc(N(c2ccc3ccccc3c2)c2ccc3c4c(cccc24)C2(CC2)c2cc(N(c4ccccc4)c4cccc5c4oc4ccccc45)ccc2-3)cc1. The molecule has 10 aromatic rings. The zero-order valence-electron chi connectivity index (χ0n) is 30.7. The maximum Gasteiger partial charge on any atom is 0.159 e. The summed E-state index contributed by atoms with van der Waals surface area (Å²) >= 11 is 0. The van der Waals surface area contributed by atoms with Gasteiger partial charge in [-0.3, -0.25) is 0 Å². The van der Waals surface area contributed by atoms with Crippen LogP contribution in [0.3, 0.4) is 0 Å². The molecule has 0 N–H and O–H groups in total. The highest BCUT2D eigenvalue weighted by molar-refractivity contribution is 6.12. The van der Waals surface area contributed by atoms with E-state index in [1.807, 2.05) is 6.07 Å². The van der Waals surface area contributed by atoms with Gasteiger partial charge in [0, 0.05) is 44.3 Å². The zero-order valence-corrected chi connectivity index (χ0v) is 30.7. The normalized spacial score (nSPS) is 13.7. The van der Waals surface area contributed by atoms with Crippen molar-refractivity contribution in [2.75, 3.05) is 9.80 Å². The first kappa shape index (κ1) is 31.3. The van der Waals surface area contributed by atoms with Crippen molar-refractivity contribution in [1.29, 1.82) is 0 Å². The van der Waals surface area contributed by atoms with Crippen molar-refractivity contribution in [3.8, 4) is 11.1 Å². The van der Waals surface area contributed by atoms with Gasteiger partial charge in [-0.05, 0) is 118 Å². The number of nitrogens with zero attached hydrogens (tertiary/aromatic N) is 2. The Bertz CT molecular complexity index is 3160. The fraction of sp³-hybridized carbons (Fsp3) is 0.0566. The number of hydrogen-bond acceptors (Lipinski definition) is 3. The van der Waals surface area contributed by atoms with Gasteiger partial charge < -0.3 is 14.2 Å². The van der Waals surface area contributed by atoms with Crippen LogP contribution >= 0.6 is 0 Å². The van der Waals surface area contributed by atoms with Gasteiger partial charge in [-0.25, -0.2) is 0 Å². The summed E-state index contributed by atoms with van der Waals surface area (Å²) in [5.41, 5.74) is 14.0. The minimum absolute atomic E-state index is 0.0370. The number of para-hydroxylation sites is 4. The molecule has 3 nitrogen and oxygen atoms in total. The van der Waals surface area contributed by atoms with Gasteiger partial charge in [-0.15, -0.1) is 0 Å². The van der Waals surface area contributed by atoms with Crippen molar-refractivity contribution in [1.82, 2.24) is 0 Å². The van der Waals surface area contributed by atoms with Crippen molar-refractivity contribution in [3.63, 3.8) is 0 Å². The summed E-state index contributed by atoms with van der Waals surface area (Å²) in [4.78, 5) is 4.81. The van der Waals surface area contributed by atoms with E-state index in [2.05, 4.69) is 198 Å². The molecule has 0 unspecified atom stereocenters. The van der Waals surface area contributed by atoms with E-state index in [1.165, 1.54) is 49.5 Å². The van der Waals surface area contributed by atoms with Gasteiger partial charge in [0.05, 0.1) is 11.4 Å². The first-order valence-corrected chi connectivity index (χ1v) is 19.6. The van der Waals surface area contributed by atoms with E-state index >= 15 is 0 Å². The standard InChI is InChI=1S/C53H36N2O/c1-3-15-37(16-4-1)54(39-26-25-35-13-7-8-14-36(35)33-39)48-30-29-43-41-28-27-40(34-47(41)53(31-32-53)46-22-11-21-45(48)51(43)46)55(38-17-5-2-6-18-38)49-23-12-20-44-42-19-9-10-24-50(42)56-52(44)49/h1-30,33-34H,31-32H2. The lowest BCUT2D eigenvalue weighted by atomic mass is 9.74. The third-order valence-electron chi connectivity index (χ3n) is 12.2. The lowest BCUT2D eigenvalue weighted by molar-refractivity contribution is 0.669. The molecule has 0 aliphatic heterocycles. The molecule has 1 saturated carbocycles. The maximum atomic E-state index is 6.63. The topological polar surface area (TPSA) is 19.6 Å². The summed E-state index contributed by atoms with van der Waals surface area (Å²) in [6.07, 6.45) is 2.26. The molecular formula is C53H36N2O. The van der Waals surface area contributed by atoms with Crippen molar-refractivity contribution < 1.29 is 4.42 Å². The second kappa shape index (κ2) is 11.9. The third kappa shape index (κ3) is 4.58. The molecule has 0 saturated heterocycles. The molecule has 1 aromatic heterocycles. The Morgan fingerprint density at radius 1 is 0.393 bits per heavy atom. The molecule has 3 heteroatoms. The Kier molecular flexibility index (Phi) is 6.67. The predicted molar refractivity (Wildman–Crippen MR) is 234 cm³/mol. The number of rotatable bonds is 6. The second-order valence-corrected chi connectivity index (χ2v) is 15.3. The van der Waals surface area contributed by atoms with Gasteiger partial charge in [-0.2, -0.15) is 0 Å². The highest BCUT2D eigenvalue weighted by atomic mass is 16.3. The molecule has 9 aromatic carbocycles. The lowest BCUT2D eigenvalue weighted by Crippen LogP contribution is -2.18. The molecule has 0 amide bonds. The second-order valence-electron chi connectivity index (χ2n) is 15.3. The molecule has 56 heavy (non-hydrogen) atoms.